The van der Waals surface area contributed by atoms with Crippen molar-refractivity contribution in [3.05, 3.63) is 28.3 Å². The van der Waals surface area contributed by atoms with Gasteiger partial charge in [-0.3, -0.25) is 10.1 Å². The molecule has 1 fully saturated rings. The smallest absolute Gasteiger partial charge is 0.293 e. The van der Waals surface area contributed by atoms with Gasteiger partial charge in [-0.25, -0.2) is 13.1 Å². The van der Waals surface area contributed by atoms with Gasteiger partial charge in [-0.15, -0.1) is 0 Å². The highest BCUT2D eigenvalue weighted by atomic mass is 32.2. The minimum atomic E-state index is -3.70. The number of nitro benzene ring substituents is 1. The van der Waals surface area contributed by atoms with Crippen molar-refractivity contribution in [2.75, 3.05) is 38.1 Å². The second-order valence-electron chi connectivity index (χ2n) is 5.85. The molecule has 0 aromatic heterocycles. The fraction of sp³-hybridized carbons (Fsp3) is 0.600. The summed E-state index contributed by atoms with van der Waals surface area (Å²) >= 11 is 0. The Balaban J connectivity index is 2.20. The molecule has 2 N–H and O–H groups in total. The Morgan fingerprint density at radius 1 is 1.33 bits per heavy atom. The van der Waals surface area contributed by atoms with E-state index in [0.29, 0.717) is 11.6 Å². The van der Waals surface area contributed by atoms with Crippen molar-refractivity contribution in [2.45, 2.75) is 24.7 Å². The zero-order valence-electron chi connectivity index (χ0n) is 14.0. The first-order valence-electron chi connectivity index (χ1n) is 8.06. The highest BCUT2D eigenvalue weighted by Crippen LogP contribution is 2.33. The monoisotopic (exact) mass is 356 g/mol. The van der Waals surface area contributed by atoms with E-state index in [2.05, 4.69) is 17.0 Å². The van der Waals surface area contributed by atoms with Gasteiger partial charge in [-0.2, -0.15) is 0 Å². The van der Waals surface area contributed by atoms with Crippen LogP contribution >= 0.6 is 0 Å². The largest absolute Gasteiger partial charge is 0.366 e. The molecule has 2 rings (SSSR count). The second-order valence-corrected chi connectivity index (χ2v) is 7.74. The molecule has 24 heavy (non-hydrogen) atoms. The van der Waals surface area contributed by atoms with Crippen molar-refractivity contribution >= 4 is 21.4 Å². The molecule has 1 heterocycles. The molecule has 1 aromatic rings. The summed E-state index contributed by atoms with van der Waals surface area (Å²) in [6, 6.07) is 4.08. The first kappa shape index (κ1) is 18.6. The Morgan fingerprint density at radius 3 is 2.54 bits per heavy atom. The molecule has 0 bridgehead atoms. The summed E-state index contributed by atoms with van der Waals surface area (Å²) in [5, 5.41) is 14.7. The molecule has 1 aromatic carbocycles. The number of hydrogen-bond acceptors (Lipinski definition) is 6. The van der Waals surface area contributed by atoms with E-state index < -0.39 is 14.9 Å². The van der Waals surface area contributed by atoms with Gasteiger partial charge in [0.1, 0.15) is 5.69 Å². The van der Waals surface area contributed by atoms with Crippen molar-refractivity contribution in [3.8, 4) is 0 Å². The molecule has 0 spiro atoms. The molecule has 0 saturated carbocycles. The van der Waals surface area contributed by atoms with E-state index in [1.807, 2.05) is 4.90 Å². The van der Waals surface area contributed by atoms with E-state index in [-0.39, 0.29) is 10.6 Å². The predicted octanol–water partition coefficient (Wildman–Crippen LogP) is 1.33. The summed E-state index contributed by atoms with van der Waals surface area (Å²) in [5.41, 5.74) is 0.313. The van der Waals surface area contributed by atoms with Crippen LogP contribution in [0.15, 0.2) is 23.1 Å². The average Bonchev–Trinajstić information content (AvgIpc) is 2.59. The van der Waals surface area contributed by atoms with Crippen LogP contribution < -0.4 is 14.9 Å². The van der Waals surface area contributed by atoms with Crippen molar-refractivity contribution in [1.29, 1.82) is 0 Å². The lowest BCUT2D eigenvalue weighted by molar-refractivity contribution is -0.384. The van der Waals surface area contributed by atoms with E-state index in [1.54, 1.807) is 0 Å². The van der Waals surface area contributed by atoms with Crippen LogP contribution in [0, 0.1) is 16.0 Å². The van der Waals surface area contributed by atoms with E-state index >= 15 is 0 Å². The van der Waals surface area contributed by atoms with E-state index in [9.17, 15) is 18.5 Å². The molecule has 0 atom stereocenters. The van der Waals surface area contributed by atoms with Crippen LogP contribution in [0.2, 0.25) is 0 Å². The third-order valence-electron chi connectivity index (χ3n) is 4.36. The van der Waals surface area contributed by atoms with Crippen LogP contribution in [0.4, 0.5) is 11.4 Å². The summed E-state index contributed by atoms with van der Waals surface area (Å²) in [5.74, 6) is 0.573. The topological polar surface area (TPSA) is 105 Å². The first-order chi connectivity index (χ1) is 11.4. The quantitative estimate of drug-likeness (QED) is 0.564. The maximum Gasteiger partial charge on any atom is 0.293 e. The van der Waals surface area contributed by atoms with Crippen LogP contribution in [0.25, 0.3) is 0 Å². The van der Waals surface area contributed by atoms with Gasteiger partial charge >= 0.3 is 0 Å². The van der Waals surface area contributed by atoms with Crippen LogP contribution in [0.1, 0.15) is 19.8 Å². The molecule has 1 saturated heterocycles. The number of sulfonamides is 1. The van der Waals surface area contributed by atoms with Crippen LogP contribution in [0.3, 0.4) is 0 Å². The molecule has 0 radical (unpaired) electrons. The van der Waals surface area contributed by atoms with Crippen LogP contribution in [-0.2, 0) is 10.0 Å². The first-order valence-corrected chi connectivity index (χ1v) is 9.55. The van der Waals surface area contributed by atoms with Gasteiger partial charge in [0.2, 0.25) is 10.0 Å². The number of nitro groups is 1. The third kappa shape index (κ3) is 4.22. The Morgan fingerprint density at radius 2 is 2.00 bits per heavy atom. The highest BCUT2D eigenvalue weighted by molar-refractivity contribution is 7.89. The SMILES string of the molecule is CCNCC1CCN(c2ccc(S(=O)(=O)NC)cc2[N+](=O)[O-])CC1. The summed E-state index contributed by atoms with van der Waals surface area (Å²) in [4.78, 5) is 12.7. The maximum atomic E-state index is 11.9. The zero-order chi connectivity index (χ0) is 17.7. The molecule has 1 aliphatic heterocycles. The number of nitrogens with zero attached hydrogens (tertiary/aromatic N) is 2. The molecule has 0 amide bonds. The second kappa shape index (κ2) is 7.91. The molecular formula is C15H24N4O4S. The number of rotatable bonds is 7. The maximum absolute atomic E-state index is 11.9. The fourth-order valence-electron chi connectivity index (χ4n) is 2.93. The lowest BCUT2D eigenvalue weighted by atomic mass is 9.96. The average molecular weight is 356 g/mol. The fourth-order valence-corrected chi connectivity index (χ4v) is 3.68. The highest BCUT2D eigenvalue weighted by Gasteiger charge is 2.26. The molecular weight excluding hydrogens is 332 g/mol. The van der Waals surface area contributed by atoms with Crippen molar-refractivity contribution in [1.82, 2.24) is 10.0 Å². The molecule has 8 nitrogen and oxygen atoms in total. The normalized spacial score (nSPS) is 16.3. The number of piperidine rings is 1. The van der Waals surface area contributed by atoms with Gasteiger partial charge in [0.25, 0.3) is 5.69 Å². The van der Waals surface area contributed by atoms with Gasteiger partial charge in [0, 0.05) is 19.2 Å². The predicted molar refractivity (Wildman–Crippen MR) is 92.8 cm³/mol. The number of anilines is 1. The molecule has 134 valence electrons. The zero-order valence-corrected chi connectivity index (χ0v) is 14.8. The van der Waals surface area contributed by atoms with Gasteiger partial charge in [0.05, 0.1) is 9.82 Å². The van der Waals surface area contributed by atoms with Gasteiger partial charge in [-0.05, 0) is 51.0 Å². The lowest BCUT2D eigenvalue weighted by Gasteiger charge is -2.33. The Labute approximate surface area is 142 Å². The van der Waals surface area contributed by atoms with Gasteiger partial charge in [0.15, 0.2) is 0 Å². The Hall–Kier alpha value is -1.71. The van der Waals surface area contributed by atoms with Gasteiger partial charge < -0.3 is 10.2 Å². The summed E-state index contributed by atoms with van der Waals surface area (Å²) in [7, 11) is -2.42. The third-order valence-corrected chi connectivity index (χ3v) is 5.77. The molecule has 0 aliphatic carbocycles. The Kier molecular flexibility index (Phi) is 6.14. The van der Waals surface area contributed by atoms with Crippen LogP contribution in [-0.4, -0.2) is 46.6 Å². The van der Waals surface area contributed by atoms with Crippen molar-refractivity contribution in [2.24, 2.45) is 5.92 Å². The van der Waals surface area contributed by atoms with Crippen molar-refractivity contribution < 1.29 is 13.3 Å². The summed E-state index contributed by atoms with van der Waals surface area (Å²) < 4.78 is 25.9. The minimum Gasteiger partial charge on any atom is -0.366 e. The number of hydrogen-bond donors (Lipinski definition) is 2. The molecule has 9 heteroatoms. The lowest BCUT2D eigenvalue weighted by Crippen LogP contribution is -2.37. The number of benzene rings is 1. The minimum absolute atomic E-state index is 0.0949. The number of nitrogens with one attached hydrogen (secondary N) is 2. The van der Waals surface area contributed by atoms with Crippen molar-refractivity contribution in [3.63, 3.8) is 0 Å². The standard InChI is InChI=1S/C15H24N4O4S/c1-3-17-11-12-6-8-18(9-7-12)14-5-4-13(24(22,23)16-2)10-15(14)19(20)21/h4-5,10,12,16-17H,3,6-9,11H2,1-2H3. The summed E-state index contributed by atoms with van der Waals surface area (Å²) in [6.07, 6.45) is 1.92. The molecule has 0 unspecified atom stereocenters. The molecule has 1 aliphatic rings. The van der Waals surface area contributed by atoms with E-state index in [0.717, 1.165) is 45.1 Å². The van der Waals surface area contributed by atoms with Crippen LogP contribution in [0.5, 0.6) is 0 Å². The Bertz CT molecular complexity index is 685. The van der Waals surface area contributed by atoms with E-state index in [1.165, 1.54) is 19.2 Å². The summed E-state index contributed by atoms with van der Waals surface area (Å²) in [6.45, 7) is 5.43. The van der Waals surface area contributed by atoms with Gasteiger partial charge in [-0.1, -0.05) is 6.92 Å². The van der Waals surface area contributed by atoms with E-state index in [4.69, 9.17) is 0 Å².